The van der Waals surface area contributed by atoms with Crippen molar-refractivity contribution in [2.75, 3.05) is 5.32 Å². The van der Waals surface area contributed by atoms with Gasteiger partial charge in [-0.05, 0) is 26.0 Å². The van der Waals surface area contributed by atoms with Crippen LogP contribution in [0.15, 0.2) is 18.2 Å². The van der Waals surface area contributed by atoms with Crippen molar-refractivity contribution in [1.29, 1.82) is 0 Å². The van der Waals surface area contributed by atoms with Gasteiger partial charge in [-0.2, -0.15) is 0 Å². The van der Waals surface area contributed by atoms with Crippen molar-refractivity contribution < 1.29 is 14.3 Å². The van der Waals surface area contributed by atoms with Crippen LogP contribution >= 0.6 is 0 Å². The van der Waals surface area contributed by atoms with E-state index in [1.807, 2.05) is 13.8 Å². The number of rotatable bonds is 3. The van der Waals surface area contributed by atoms with E-state index in [1.54, 1.807) is 6.07 Å². The van der Waals surface area contributed by atoms with Crippen molar-refractivity contribution in [3.63, 3.8) is 0 Å². The van der Waals surface area contributed by atoms with Crippen LogP contribution in [0.1, 0.15) is 24.2 Å². The summed E-state index contributed by atoms with van der Waals surface area (Å²) in [5.74, 6) is -1.98. The largest absolute Gasteiger partial charge is 0.478 e. The molecule has 0 saturated carbocycles. The summed E-state index contributed by atoms with van der Waals surface area (Å²) in [6, 6.07) is 4.23. The number of hydrogen-bond donors (Lipinski definition) is 2. The highest BCUT2D eigenvalue weighted by molar-refractivity contribution is 5.94. The highest BCUT2D eigenvalue weighted by Crippen LogP contribution is 2.19. The molecule has 1 rings (SSSR count). The van der Waals surface area contributed by atoms with Crippen molar-refractivity contribution in [1.82, 2.24) is 0 Å². The summed E-state index contributed by atoms with van der Waals surface area (Å²) in [6.07, 6.45) is 0. The Labute approximate surface area is 81.6 Å². The number of anilines is 1. The van der Waals surface area contributed by atoms with Crippen LogP contribution in [0.3, 0.4) is 0 Å². The summed E-state index contributed by atoms with van der Waals surface area (Å²) in [5.41, 5.74) is 0.00806. The van der Waals surface area contributed by atoms with Crippen molar-refractivity contribution in [3.05, 3.63) is 29.6 Å². The molecule has 0 bridgehead atoms. The lowest BCUT2D eigenvalue weighted by Gasteiger charge is -2.12. The Hall–Kier alpha value is -1.58. The van der Waals surface area contributed by atoms with Gasteiger partial charge >= 0.3 is 5.97 Å². The minimum atomic E-state index is -1.26. The fourth-order valence-electron chi connectivity index (χ4n) is 1.17. The average molecular weight is 197 g/mol. The average Bonchev–Trinajstić information content (AvgIpc) is 2.01. The lowest BCUT2D eigenvalue weighted by atomic mass is 10.1. The molecule has 1 aromatic rings. The molecule has 0 unspecified atom stereocenters. The molecule has 1 aromatic carbocycles. The number of carboxylic acid groups (broad SMARTS) is 1. The number of carboxylic acids is 1. The fourth-order valence-corrected chi connectivity index (χ4v) is 1.17. The highest BCUT2D eigenvalue weighted by atomic mass is 19.1. The van der Waals surface area contributed by atoms with Crippen LogP contribution in [0.4, 0.5) is 10.1 Å². The van der Waals surface area contributed by atoms with Gasteiger partial charge in [0.05, 0.1) is 5.69 Å². The molecule has 0 atom stereocenters. The zero-order valence-corrected chi connectivity index (χ0v) is 8.04. The molecule has 14 heavy (non-hydrogen) atoms. The first-order valence-corrected chi connectivity index (χ1v) is 4.30. The second-order valence-electron chi connectivity index (χ2n) is 3.27. The molecule has 0 saturated heterocycles. The first-order chi connectivity index (χ1) is 6.52. The van der Waals surface area contributed by atoms with E-state index in [1.165, 1.54) is 6.07 Å². The summed E-state index contributed by atoms with van der Waals surface area (Å²) in [6.45, 7) is 3.72. The van der Waals surface area contributed by atoms with Crippen molar-refractivity contribution >= 4 is 11.7 Å². The number of benzene rings is 1. The highest BCUT2D eigenvalue weighted by Gasteiger charge is 2.15. The second kappa shape index (κ2) is 4.09. The molecule has 76 valence electrons. The van der Waals surface area contributed by atoms with Crippen LogP contribution in [0, 0.1) is 5.82 Å². The van der Waals surface area contributed by atoms with E-state index in [-0.39, 0.29) is 11.6 Å². The maximum Gasteiger partial charge on any atom is 0.340 e. The summed E-state index contributed by atoms with van der Waals surface area (Å²) in [4.78, 5) is 10.7. The molecule has 0 aliphatic heterocycles. The third-order valence-electron chi connectivity index (χ3n) is 1.67. The SMILES string of the molecule is CC(C)Nc1cccc(F)c1C(=O)O. The van der Waals surface area contributed by atoms with E-state index in [2.05, 4.69) is 5.32 Å². The van der Waals surface area contributed by atoms with Gasteiger partial charge in [-0.3, -0.25) is 0 Å². The van der Waals surface area contributed by atoms with E-state index >= 15 is 0 Å². The van der Waals surface area contributed by atoms with Crippen LogP contribution in [-0.2, 0) is 0 Å². The Morgan fingerprint density at radius 3 is 2.64 bits per heavy atom. The minimum absolute atomic E-state index is 0.0647. The second-order valence-corrected chi connectivity index (χ2v) is 3.27. The number of hydrogen-bond acceptors (Lipinski definition) is 2. The van der Waals surface area contributed by atoms with Crippen LogP contribution in [0.5, 0.6) is 0 Å². The molecule has 3 nitrogen and oxygen atoms in total. The monoisotopic (exact) mass is 197 g/mol. The van der Waals surface area contributed by atoms with Gasteiger partial charge in [0.1, 0.15) is 11.4 Å². The van der Waals surface area contributed by atoms with E-state index < -0.39 is 11.8 Å². The third-order valence-corrected chi connectivity index (χ3v) is 1.67. The number of aromatic carboxylic acids is 1. The fraction of sp³-hybridized carbons (Fsp3) is 0.300. The van der Waals surface area contributed by atoms with Crippen LogP contribution in [-0.4, -0.2) is 17.1 Å². The molecule has 2 N–H and O–H groups in total. The molecule has 0 aliphatic rings. The van der Waals surface area contributed by atoms with Crippen molar-refractivity contribution in [2.24, 2.45) is 0 Å². The van der Waals surface area contributed by atoms with Gasteiger partial charge in [-0.25, -0.2) is 9.18 Å². The Morgan fingerprint density at radius 1 is 1.50 bits per heavy atom. The van der Waals surface area contributed by atoms with E-state index in [4.69, 9.17) is 5.11 Å². The summed E-state index contributed by atoms with van der Waals surface area (Å²) in [5, 5.41) is 11.7. The lowest BCUT2D eigenvalue weighted by Crippen LogP contribution is -2.14. The molecule has 0 aromatic heterocycles. The number of nitrogens with one attached hydrogen (secondary N) is 1. The molecule has 0 amide bonds. The summed E-state index contributed by atoms with van der Waals surface area (Å²) < 4.78 is 13.1. The Kier molecular flexibility index (Phi) is 3.06. The smallest absolute Gasteiger partial charge is 0.340 e. The summed E-state index contributed by atoms with van der Waals surface area (Å²) in [7, 11) is 0. The van der Waals surface area contributed by atoms with Gasteiger partial charge in [-0.15, -0.1) is 0 Å². The van der Waals surface area contributed by atoms with E-state index in [9.17, 15) is 9.18 Å². The number of halogens is 1. The molecular formula is C10H12FNO2. The van der Waals surface area contributed by atoms with E-state index in [0.29, 0.717) is 5.69 Å². The molecule has 0 aliphatic carbocycles. The maximum absolute atomic E-state index is 13.1. The first-order valence-electron chi connectivity index (χ1n) is 4.30. The molecule has 0 spiro atoms. The van der Waals surface area contributed by atoms with Gasteiger partial charge in [0.15, 0.2) is 0 Å². The normalized spacial score (nSPS) is 10.3. The Balaban J connectivity index is 3.14. The molecule has 4 heteroatoms. The zero-order chi connectivity index (χ0) is 10.7. The molecule has 0 radical (unpaired) electrons. The van der Waals surface area contributed by atoms with Gasteiger partial charge in [-0.1, -0.05) is 6.07 Å². The van der Waals surface area contributed by atoms with Gasteiger partial charge in [0, 0.05) is 6.04 Å². The maximum atomic E-state index is 13.1. The molecule has 0 fully saturated rings. The third kappa shape index (κ3) is 2.22. The van der Waals surface area contributed by atoms with Crippen molar-refractivity contribution in [3.8, 4) is 0 Å². The van der Waals surface area contributed by atoms with E-state index in [0.717, 1.165) is 6.07 Å². The lowest BCUT2D eigenvalue weighted by molar-refractivity contribution is 0.0693. The van der Waals surface area contributed by atoms with Crippen LogP contribution < -0.4 is 5.32 Å². The topological polar surface area (TPSA) is 49.3 Å². The Bertz CT molecular complexity index is 350. The number of carbonyl (C=O) groups is 1. The van der Waals surface area contributed by atoms with Gasteiger partial charge in [0.2, 0.25) is 0 Å². The van der Waals surface area contributed by atoms with Gasteiger partial charge in [0.25, 0.3) is 0 Å². The van der Waals surface area contributed by atoms with Crippen LogP contribution in [0.2, 0.25) is 0 Å². The molecule has 0 heterocycles. The predicted octanol–water partition coefficient (Wildman–Crippen LogP) is 2.34. The standard InChI is InChI=1S/C10H12FNO2/c1-6(2)12-8-5-3-4-7(11)9(8)10(13)14/h3-6,12H,1-2H3,(H,13,14). The Morgan fingerprint density at radius 2 is 2.14 bits per heavy atom. The predicted molar refractivity (Wildman–Crippen MR) is 52.1 cm³/mol. The summed E-state index contributed by atoms with van der Waals surface area (Å²) >= 11 is 0. The minimum Gasteiger partial charge on any atom is -0.478 e. The first kappa shape index (κ1) is 10.5. The van der Waals surface area contributed by atoms with Crippen LogP contribution in [0.25, 0.3) is 0 Å². The van der Waals surface area contributed by atoms with Crippen molar-refractivity contribution in [2.45, 2.75) is 19.9 Å². The van der Waals surface area contributed by atoms with Gasteiger partial charge < -0.3 is 10.4 Å². The zero-order valence-electron chi connectivity index (χ0n) is 8.04. The molecular weight excluding hydrogens is 185 g/mol. The quantitative estimate of drug-likeness (QED) is 0.781.